The first kappa shape index (κ1) is 15.2. The van der Waals surface area contributed by atoms with Crippen LogP contribution in [0, 0.1) is 5.82 Å². The van der Waals surface area contributed by atoms with Gasteiger partial charge in [0.25, 0.3) is 0 Å². The van der Waals surface area contributed by atoms with E-state index >= 15 is 0 Å². The van der Waals surface area contributed by atoms with Gasteiger partial charge in [0.05, 0.1) is 5.69 Å². The molecule has 86 valence electrons. The van der Waals surface area contributed by atoms with Crippen molar-refractivity contribution in [3.8, 4) is 0 Å². The van der Waals surface area contributed by atoms with Crippen molar-refractivity contribution in [2.75, 3.05) is 5.32 Å². The van der Waals surface area contributed by atoms with Crippen LogP contribution in [-0.2, 0) is 11.2 Å². The van der Waals surface area contributed by atoms with Gasteiger partial charge in [-0.15, -0.1) is 5.46 Å². The molecule has 1 aliphatic rings. The van der Waals surface area contributed by atoms with Gasteiger partial charge in [-0.3, -0.25) is 4.79 Å². The van der Waals surface area contributed by atoms with Gasteiger partial charge in [0, 0.05) is 6.42 Å². The van der Waals surface area contributed by atoms with Gasteiger partial charge in [-0.1, -0.05) is 12.1 Å². The molecule has 1 N–H and O–H groups in total. The Kier molecular flexibility index (Phi) is 4.82. The minimum atomic E-state index is -5.21. The van der Waals surface area contributed by atoms with Gasteiger partial charge in [-0.2, -0.15) is 0 Å². The summed E-state index contributed by atoms with van der Waals surface area (Å²) >= 11 is 0. The van der Waals surface area contributed by atoms with Crippen molar-refractivity contribution in [2.24, 2.45) is 0 Å². The second-order valence-corrected chi connectivity index (χ2v) is 3.66. The third-order valence-electron chi connectivity index (χ3n) is 2.46. The minimum absolute atomic E-state index is 0. The monoisotopic (exact) mass is 271 g/mol. The number of hydrogen-bond donors (Lipinski definition) is 1. The first-order chi connectivity index (χ1) is 7.38. The van der Waals surface area contributed by atoms with Crippen LogP contribution in [0.25, 0.3) is 0 Å². The van der Waals surface area contributed by atoms with Crippen LogP contribution in [0.1, 0.15) is 12.0 Å². The van der Waals surface area contributed by atoms with E-state index in [-0.39, 0.29) is 81.4 Å². The number of carbonyl (C=O) groups excluding carboxylic acids is 1. The number of anilines is 1. The van der Waals surface area contributed by atoms with E-state index in [0.29, 0.717) is 6.07 Å². The van der Waals surface area contributed by atoms with Crippen molar-refractivity contribution in [3.05, 3.63) is 23.5 Å². The van der Waals surface area contributed by atoms with E-state index in [0.717, 1.165) is 6.07 Å². The Morgan fingerprint density at radius 3 is 2.41 bits per heavy atom. The van der Waals surface area contributed by atoms with Gasteiger partial charge in [0.1, 0.15) is 5.82 Å². The molecule has 2 nitrogen and oxygen atoms in total. The van der Waals surface area contributed by atoms with Gasteiger partial charge in [-0.05, 0) is 12.0 Å². The molecule has 0 aliphatic carbocycles. The molecule has 0 saturated heterocycles. The molecule has 17 heavy (non-hydrogen) atoms. The summed E-state index contributed by atoms with van der Waals surface area (Å²) in [7, 11) is 0. The van der Waals surface area contributed by atoms with Crippen LogP contribution in [0.2, 0.25) is 0 Å². The van der Waals surface area contributed by atoms with Crippen molar-refractivity contribution in [1.29, 1.82) is 0 Å². The molecular formula is C9H7BF4KNO. The van der Waals surface area contributed by atoms with Gasteiger partial charge in [-0.25, -0.2) is 4.39 Å². The SMILES string of the molecule is O=C1CCc2cc([B-](F)(F)F)cc(F)c2N1.[K+]. The van der Waals surface area contributed by atoms with Crippen molar-refractivity contribution in [1.82, 2.24) is 0 Å². The van der Waals surface area contributed by atoms with Gasteiger partial charge in [0.2, 0.25) is 5.91 Å². The quantitative estimate of drug-likeness (QED) is 0.503. The van der Waals surface area contributed by atoms with Crippen molar-refractivity contribution >= 4 is 24.0 Å². The number of hydrogen-bond acceptors (Lipinski definition) is 1. The van der Waals surface area contributed by atoms with Crippen LogP contribution >= 0.6 is 0 Å². The summed E-state index contributed by atoms with van der Waals surface area (Å²) in [5, 5.41) is 2.23. The Labute approximate surface area is 138 Å². The fourth-order valence-electron chi connectivity index (χ4n) is 1.66. The largest absolute Gasteiger partial charge is 1.00 e. The number of amides is 1. The molecule has 0 spiro atoms. The number of fused-ring (bicyclic) bond motifs is 1. The van der Waals surface area contributed by atoms with Gasteiger partial charge < -0.3 is 18.3 Å². The number of carbonyl (C=O) groups is 1. The first-order valence-corrected chi connectivity index (χ1v) is 4.70. The summed E-state index contributed by atoms with van der Waals surface area (Å²) in [4.78, 5) is 11.0. The zero-order valence-corrected chi connectivity index (χ0v) is 12.2. The topological polar surface area (TPSA) is 29.1 Å². The minimum Gasteiger partial charge on any atom is -0.445 e. The fourth-order valence-corrected chi connectivity index (χ4v) is 1.66. The van der Waals surface area contributed by atoms with E-state index in [2.05, 4.69) is 5.32 Å². The number of aryl methyl sites for hydroxylation is 1. The second-order valence-electron chi connectivity index (χ2n) is 3.66. The predicted molar refractivity (Wildman–Crippen MR) is 52.1 cm³/mol. The predicted octanol–water partition coefficient (Wildman–Crippen LogP) is -1.23. The maximum atomic E-state index is 13.3. The van der Waals surface area contributed by atoms with E-state index in [1.165, 1.54) is 0 Å². The molecule has 0 saturated carbocycles. The van der Waals surface area contributed by atoms with Crippen LogP contribution in [0.4, 0.5) is 23.0 Å². The zero-order chi connectivity index (χ0) is 11.9. The average Bonchev–Trinajstić information content (AvgIpc) is 2.17. The molecule has 0 aromatic heterocycles. The third kappa shape index (κ3) is 3.31. The summed E-state index contributed by atoms with van der Waals surface area (Å²) in [5.74, 6) is -1.41. The van der Waals surface area contributed by atoms with Crippen molar-refractivity contribution in [3.63, 3.8) is 0 Å². The maximum absolute atomic E-state index is 13.3. The van der Waals surface area contributed by atoms with Crippen molar-refractivity contribution < 1.29 is 73.5 Å². The molecule has 1 aromatic rings. The standard InChI is InChI=1S/C9H7BF4NO.K/c11-7-4-6(10(12,13)14)3-5-1-2-8(16)15-9(5)7;/h3-4H,1-2H2,(H,15,16);/q-1;+1. The molecule has 8 heteroatoms. The molecule has 0 unspecified atom stereocenters. The molecule has 0 fully saturated rings. The number of nitrogens with one attached hydrogen (secondary N) is 1. The van der Waals surface area contributed by atoms with Crippen LogP contribution < -0.4 is 62.2 Å². The maximum Gasteiger partial charge on any atom is 1.00 e. The molecule has 1 aliphatic heterocycles. The molecule has 1 heterocycles. The van der Waals surface area contributed by atoms with E-state index in [9.17, 15) is 22.1 Å². The molecule has 1 amide bonds. The summed E-state index contributed by atoms with van der Waals surface area (Å²) in [6.07, 6.45) is 0.221. The average molecular weight is 271 g/mol. The molecule has 0 atom stereocenters. The van der Waals surface area contributed by atoms with E-state index in [1.54, 1.807) is 0 Å². The molecule has 1 aromatic carbocycles. The third-order valence-corrected chi connectivity index (χ3v) is 2.46. The zero-order valence-electron chi connectivity index (χ0n) is 9.07. The Hall–Kier alpha value is 0.111. The molecule has 2 rings (SSSR count). The number of benzene rings is 1. The van der Waals surface area contributed by atoms with E-state index < -0.39 is 18.3 Å². The van der Waals surface area contributed by atoms with E-state index in [1.807, 2.05) is 0 Å². The van der Waals surface area contributed by atoms with E-state index in [4.69, 9.17) is 0 Å². The summed E-state index contributed by atoms with van der Waals surface area (Å²) < 4.78 is 50.6. The fraction of sp³-hybridized carbons (Fsp3) is 0.222. The summed E-state index contributed by atoms with van der Waals surface area (Å²) in [6, 6.07) is 1.32. The van der Waals surface area contributed by atoms with Crippen LogP contribution in [0.5, 0.6) is 0 Å². The number of rotatable bonds is 1. The first-order valence-electron chi connectivity index (χ1n) is 4.70. The Bertz CT molecular complexity index is 463. The molecule has 0 radical (unpaired) electrons. The molecular weight excluding hydrogens is 264 g/mol. The van der Waals surface area contributed by atoms with Crippen LogP contribution in [-0.4, -0.2) is 12.9 Å². The summed E-state index contributed by atoms with van der Waals surface area (Å²) in [6.45, 7) is -5.21. The van der Waals surface area contributed by atoms with Crippen LogP contribution in [0.15, 0.2) is 12.1 Å². The Morgan fingerprint density at radius 1 is 1.18 bits per heavy atom. The smallest absolute Gasteiger partial charge is 0.445 e. The second kappa shape index (κ2) is 5.40. The number of halogens is 4. The Balaban J connectivity index is 0.00000144. The van der Waals surface area contributed by atoms with Crippen molar-refractivity contribution in [2.45, 2.75) is 12.8 Å². The van der Waals surface area contributed by atoms with Crippen LogP contribution in [0.3, 0.4) is 0 Å². The normalized spacial score (nSPS) is 14.7. The summed E-state index contributed by atoms with van der Waals surface area (Å²) in [5.41, 5.74) is -0.888. The molecule has 0 bridgehead atoms. The van der Waals surface area contributed by atoms with Gasteiger partial charge in [0.15, 0.2) is 0 Å². The Morgan fingerprint density at radius 2 is 1.82 bits per heavy atom. The van der Waals surface area contributed by atoms with Gasteiger partial charge >= 0.3 is 58.4 Å².